The molecule has 1 N–H and O–H groups in total. The summed E-state index contributed by atoms with van der Waals surface area (Å²) in [5.74, 6) is -0.219. The van der Waals surface area contributed by atoms with Crippen LogP contribution in [-0.4, -0.2) is 5.91 Å². The topological polar surface area (TPSA) is 29.1 Å². The Balaban J connectivity index is 2.12. The fourth-order valence-corrected chi connectivity index (χ4v) is 2.33. The summed E-state index contributed by atoms with van der Waals surface area (Å²) in [6.07, 6.45) is 0.101. The summed E-state index contributed by atoms with van der Waals surface area (Å²) in [4.78, 5) is 12.0. The van der Waals surface area contributed by atoms with Crippen LogP contribution in [0, 0.1) is 0 Å². The maximum Gasteiger partial charge on any atom is 0.228 e. The molecule has 2 nitrogen and oxygen atoms in total. The van der Waals surface area contributed by atoms with Crippen LogP contribution in [0.1, 0.15) is 5.56 Å². The van der Waals surface area contributed by atoms with Gasteiger partial charge in [-0.05, 0) is 29.8 Å². The molecule has 0 heterocycles. The van der Waals surface area contributed by atoms with Gasteiger partial charge in [0.15, 0.2) is 0 Å². The molecule has 2 aromatic carbocycles. The molecule has 0 saturated heterocycles. The first-order chi connectivity index (χ1) is 9.08. The van der Waals surface area contributed by atoms with E-state index in [4.69, 9.17) is 34.8 Å². The molecule has 0 aromatic heterocycles. The monoisotopic (exact) mass is 313 g/mol. The number of rotatable bonds is 3. The molecule has 0 atom stereocenters. The van der Waals surface area contributed by atoms with Crippen molar-refractivity contribution in [2.75, 3.05) is 5.32 Å². The molecule has 0 aliphatic heterocycles. The molecule has 5 heteroatoms. The predicted octanol–water partition coefficient (Wildman–Crippen LogP) is 4.83. The number of para-hydroxylation sites is 1. The largest absolute Gasteiger partial charge is 0.324 e. The summed E-state index contributed by atoms with van der Waals surface area (Å²) in [7, 11) is 0. The van der Waals surface area contributed by atoms with Crippen molar-refractivity contribution in [1.82, 2.24) is 0 Å². The van der Waals surface area contributed by atoms with Gasteiger partial charge in [0.25, 0.3) is 0 Å². The SMILES string of the molecule is O=C(Cc1c(Cl)cccc1Cl)Nc1ccccc1Cl. The van der Waals surface area contributed by atoms with Crippen LogP contribution in [0.15, 0.2) is 42.5 Å². The van der Waals surface area contributed by atoms with Gasteiger partial charge in [-0.2, -0.15) is 0 Å². The summed E-state index contributed by atoms with van der Waals surface area (Å²) in [5.41, 5.74) is 1.17. The van der Waals surface area contributed by atoms with Gasteiger partial charge in [-0.15, -0.1) is 0 Å². The van der Waals surface area contributed by atoms with Crippen LogP contribution in [0.25, 0.3) is 0 Å². The summed E-state index contributed by atoms with van der Waals surface area (Å²) in [6, 6.07) is 12.2. The van der Waals surface area contributed by atoms with Gasteiger partial charge in [-0.25, -0.2) is 0 Å². The minimum Gasteiger partial charge on any atom is -0.324 e. The van der Waals surface area contributed by atoms with Gasteiger partial charge in [-0.3, -0.25) is 4.79 Å². The number of benzene rings is 2. The molecule has 2 aromatic rings. The third-order valence-electron chi connectivity index (χ3n) is 2.55. The zero-order valence-corrected chi connectivity index (χ0v) is 12.1. The molecule has 0 saturated carbocycles. The molecule has 0 unspecified atom stereocenters. The van der Waals surface area contributed by atoms with Gasteiger partial charge in [0.05, 0.1) is 17.1 Å². The van der Waals surface area contributed by atoms with Crippen molar-refractivity contribution < 1.29 is 4.79 Å². The highest BCUT2D eigenvalue weighted by Crippen LogP contribution is 2.26. The molecule has 0 fully saturated rings. The summed E-state index contributed by atoms with van der Waals surface area (Å²) >= 11 is 18.0. The normalized spacial score (nSPS) is 10.3. The Kier molecular flexibility index (Phi) is 4.70. The highest BCUT2D eigenvalue weighted by Gasteiger charge is 2.11. The van der Waals surface area contributed by atoms with Crippen molar-refractivity contribution in [3.63, 3.8) is 0 Å². The van der Waals surface area contributed by atoms with Crippen LogP contribution in [0.5, 0.6) is 0 Å². The van der Waals surface area contributed by atoms with E-state index >= 15 is 0 Å². The first-order valence-electron chi connectivity index (χ1n) is 5.55. The van der Waals surface area contributed by atoms with E-state index in [0.29, 0.717) is 26.3 Å². The van der Waals surface area contributed by atoms with Crippen LogP contribution in [0.4, 0.5) is 5.69 Å². The van der Waals surface area contributed by atoms with E-state index in [0.717, 1.165) is 0 Å². The Morgan fingerprint density at radius 3 is 2.11 bits per heavy atom. The molecule has 0 aliphatic rings. The number of amides is 1. The highest BCUT2D eigenvalue weighted by molar-refractivity contribution is 6.36. The number of carbonyl (C=O) groups is 1. The van der Waals surface area contributed by atoms with Crippen LogP contribution >= 0.6 is 34.8 Å². The second kappa shape index (κ2) is 6.29. The Morgan fingerprint density at radius 1 is 0.895 bits per heavy atom. The van der Waals surface area contributed by atoms with Gasteiger partial charge in [0, 0.05) is 10.0 Å². The molecule has 19 heavy (non-hydrogen) atoms. The van der Waals surface area contributed by atoms with Crippen molar-refractivity contribution >= 4 is 46.4 Å². The van der Waals surface area contributed by atoms with Gasteiger partial charge in [0.2, 0.25) is 5.91 Å². The molecule has 0 spiro atoms. The van der Waals surface area contributed by atoms with Gasteiger partial charge < -0.3 is 5.32 Å². The summed E-state index contributed by atoms with van der Waals surface area (Å²) in [6.45, 7) is 0. The van der Waals surface area contributed by atoms with E-state index in [-0.39, 0.29) is 12.3 Å². The Bertz CT molecular complexity index is 593. The Hall–Kier alpha value is -1.22. The van der Waals surface area contributed by atoms with Crippen LogP contribution in [0.3, 0.4) is 0 Å². The van der Waals surface area contributed by atoms with E-state index in [1.54, 1.807) is 42.5 Å². The van der Waals surface area contributed by atoms with Crippen molar-refractivity contribution in [2.24, 2.45) is 0 Å². The minimum absolute atomic E-state index is 0.101. The lowest BCUT2D eigenvalue weighted by molar-refractivity contribution is -0.115. The van der Waals surface area contributed by atoms with Crippen molar-refractivity contribution in [2.45, 2.75) is 6.42 Å². The molecule has 1 amide bonds. The quantitative estimate of drug-likeness (QED) is 0.864. The van der Waals surface area contributed by atoms with Crippen LogP contribution < -0.4 is 5.32 Å². The molecule has 0 aliphatic carbocycles. The van der Waals surface area contributed by atoms with Crippen molar-refractivity contribution in [3.05, 3.63) is 63.1 Å². The number of hydrogen-bond acceptors (Lipinski definition) is 1. The summed E-state index contributed by atoms with van der Waals surface area (Å²) < 4.78 is 0. The standard InChI is InChI=1S/C14H10Cl3NO/c15-10-5-3-6-11(16)9(10)8-14(19)18-13-7-2-1-4-12(13)17/h1-7H,8H2,(H,18,19). The average Bonchev–Trinajstić information content (AvgIpc) is 2.37. The number of nitrogens with one attached hydrogen (secondary N) is 1. The van der Waals surface area contributed by atoms with Gasteiger partial charge in [-0.1, -0.05) is 53.0 Å². The molecule has 0 radical (unpaired) electrons. The fourth-order valence-electron chi connectivity index (χ4n) is 1.62. The lowest BCUT2D eigenvalue weighted by atomic mass is 10.1. The second-order valence-electron chi connectivity index (χ2n) is 3.91. The van der Waals surface area contributed by atoms with Gasteiger partial charge >= 0.3 is 0 Å². The summed E-state index contributed by atoms with van der Waals surface area (Å²) in [5, 5.41) is 4.16. The molecule has 0 bridgehead atoms. The highest BCUT2D eigenvalue weighted by atomic mass is 35.5. The number of halogens is 3. The molecule has 98 valence electrons. The third kappa shape index (κ3) is 3.63. The van der Waals surface area contributed by atoms with E-state index in [1.807, 2.05) is 0 Å². The van der Waals surface area contributed by atoms with Crippen molar-refractivity contribution in [1.29, 1.82) is 0 Å². The first-order valence-corrected chi connectivity index (χ1v) is 6.68. The smallest absolute Gasteiger partial charge is 0.228 e. The number of hydrogen-bond donors (Lipinski definition) is 1. The maximum absolute atomic E-state index is 12.0. The zero-order valence-electron chi connectivity index (χ0n) is 9.79. The van der Waals surface area contributed by atoms with E-state index in [1.165, 1.54) is 0 Å². The Morgan fingerprint density at radius 2 is 1.47 bits per heavy atom. The van der Waals surface area contributed by atoms with Gasteiger partial charge in [0.1, 0.15) is 0 Å². The number of anilines is 1. The molecule has 2 rings (SSSR count). The average molecular weight is 315 g/mol. The Labute approximate surface area is 126 Å². The van der Waals surface area contributed by atoms with E-state index in [2.05, 4.69) is 5.32 Å². The third-order valence-corrected chi connectivity index (χ3v) is 3.58. The zero-order chi connectivity index (χ0) is 13.8. The maximum atomic E-state index is 12.0. The first kappa shape index (κ1) is 14.2. The van der Waals surface area contributed by atoms with Crippen LogP contribution in [-0.2, 0) is 11.2 Å². The van der Waals surface area contributed by atoms with Crippen LogP contribution in [0.2, 0.25) is 15.1 Å². The number of carbonyl (C=O) groups excluding carboxylic acids is 1. The predicted molar refractivity (Wildman–Crippen MR) is 80.2 cm³/mol. The molecular formula is C14H10Cl3NO. The fraction of sp³-hybridized carbons (Fsp3) is 0.0714. The van der Waals surface area contributed by atoms with Crippen molar-refractivity contribution in [3.8, 4) is 0 Å². The molecular weight excluding hydrogens is 305 g/mol. The minimum atomic E-state index is -0.219. The lowest BCUT2D eigenvalue weighted by Gasteiger charge is -2.09. The lowest BCUT2D eigenvalue weighted by Crippen LogP contribution is -2.15. The van der Waals surface area contributed by atoms with E-state index < -0.39 is 0 Å². The van der Waals surface area contributed by atoms with E-state index in [9.17, 15) is 4.79 Å². The second-order valence-corrected chi connectivity index (χ2v) is 5.13.